The molecule has 0 atom stereocenters. The molecule has 0 aliphatic heterocycles. The molecule has 8 nitrogen and oxygen atoms in total. The third-order valence-electron chi connectivity index (χ3n) is 4.71. The highest BCUT2D eigenvalue weighted by Gasteiger charge is 2.17. The van der Waals surface area contributed by atoms with Crippen LogP contribution in [0, 0.1) is 19.7 Å². The van der Waals surface area contributed by atoms with E-state index in [-0.39, 0.29) is 17.3 Å². The Labute approximate surface area is 177 Å². The van der Waals surface area contributed by atoms with Crippen LogP contribution in [0.3, 0.4) is 0 Å². The molecule has 9 heteroatoms. The van der Waals surface area contributed by atoms with Gasteiger partial charge in [-0.15, -0.1) is 0 Å². The normalized spacial score (nSPS) is 11.2. The average molecular weight is 418 g/mol. The average Bonchev–Trinajstić information content (AvgIpc) is 3.29. The van der Waals surface area contributed by atoms with Crippen molar-refractivity contribution in [2.75, 3.05) is 0 Å². The Hall–Kier alpha value is -4.27. The van der Waals surface area contributed by atoms with E-state index in [9.17, 15) is 14.3 Å². The van der Waals surface area contributed by atoms with Crippen molar-refractivity contribution in [2.45, 2.75) is 13.8 Å². The van der Waals surface area contributed by atoms with Gasteiger partial charge in [0.25, 0.3) is 5.91 Å². The number of para-hydroxylation sites is 1. The molecule has 0 saturated heterocycles. The van der Waals surface area contributed by atoms with E-state index in [4.69, 9.17) is 0 Å². The van der Waals surface area contributed by atoms with Crippen molar-refractivity contribution in [1.82, 2.24) is 25.0 Å². The third kappa shape index (κ3) is 4.06. The first-order valence-electron chi connectivity index (χ1n) is 9.43. The summed E-state index contributed by atoms with van der Waals surface area (Å²) in [6.45, 7) is 3.66. The number of aromatic hydroxyl groups is 1. The van der Waals surface area contributed by atoms with E-state index in [2.05, 4.69) is 20.7 Å². The van der Waals surface area contributed by atoms with Gasteiger partial charge in [0.2, 0.25) is 0 Å². The molecule has 0 fully saturated rings. The second-order valence-corrected chi connectivity index (χ2v) is 6.81. The molecule has 0 aliphatic carbocycles. The van der Waals surface area contributed by atoms with E-state index >= 15 is 0 Å². The first-order valence-corrected chi connectivity index (χ1v) is 9.43. The number of carbonyl (C=O) groups excluding carboxylic acids is 1. The molecule has 1 amide bonds. The van der Waals surface area contributed by atoms with Gasteiger partial charge in [-0.2, -0.15) is 15.3 Å². The largest absolute Gasteiger partial charge is 0.504 e. The molecule has 0 spiro atoms. The van der Waals surface area contributed by atoms with Crippen molar-refractivity contribution in [3.63, 3.8) is 0 Å². The molecular formula is C22H19FN6O2. The summed E-state index contributed by atoms with van der Waals surface area (Å²) in [6.07, 6.45) is 2.83. The van der Waals surface area contributed by atoms with Crippen molar-refractivity contribution < 1.29 is 14.3 Å². The Morgan fingerprint density at radius 3 is 2.48 bits per heavy atom. The molecule has 2 aromatic heterocycles. The number of benzene rings is 2. The monoisotopic (exact) mass is 418 g/mol. The highest BCUT2D eigenvalue weighted by molar-refractivity contribution is 5.95. The van der Waals surface area contributed by atoms with Crippen LogP contribution >= 0.6 is 0 Å². The van der Waals surface area contributed by atoms with Gasteiger partial charge in [0, 0.05) is 5.56 Å². The maximum absolute atomic E-state index is 13.2. The first-order chi connectivity index (χ1) is 14.9. The molecule has 0 radical (unpaired) electrons. The Kier molecular flexibility index (Phi) is 5.31. The Balaban J connectivity index is 1.51. The molecule has 0 aliphatic rings. The lowest BCUT2D eigenvalue weighted by Gasteiger charge is -2.04. The molecule has 0 saturated carbocycles. The molecule has 2 aromatic carbocycles. The fraction of sp³-hybridized carbons (Fsp3) is 0.0909. The van der Waals surface area contributed by atoms with Crippen LogP contribution in [0.25, 0.3) is 11.4 Å². The second-order valence-electron chi connectivity index (χ2n) is 6.81. The molecule has 4 rings (SSSR count). The van der Waals surface area contributed by atoms with Gasteiger partial charge in [-0.3, -0.25) is 4.79 Å². The zero-order valence-corrected chi connectivity index (χ0v) is 16.8. The van der Waals surface area contributed by atoms with Crippen LogP contribution in [0.2, 0.25) is 0 Å². The summed E-state index contributed by atoms with van der Waals surface area (Å²) in [5, 5.41) is 22.6. The zero-order chi connectivity index (χ0) is 22.0. The van der Waals surface area contributed by atoms with Gasteiger partial charge < -0.3 is 5.11 Å². The Morgan fingerprint density at radius 1 is 1.06 bits per heavy atom. The predicted molar refractivity (Wildman–Crippen MR) is 113 cm³/mol. The number of aryl methyl sites for hydroxylation is 1. The fourth-order valence-corrected chi connectivity index (χ4v) is 3.12. The molecule has 0 unspecified atom stereocenters. The molecule has 4 aromatic rings. The van der Waals surface area contributed by atoms with E-state index in [1.165, 1.54) is 29.2 Å². The van der Waals surface area contributed by atoms with Crippen LogP contribution in [0.1, 0.15) is 27.4 Å². The van der Waals surface area contributed by atoms with Crippen LogP contribution in [0.15, 0.2) is 65.9 Å². The highest BCUT2D eigenvalue weighted by atomic mass is 19.1. The number of nitrogens with one attached hydrogen (secondary N) is 1. The van der Waals surface area contributed by atoms with Crippen LogP contribution in [-0.4, -0.2) is 36.8 Å². The van der Waals surface area contributed by atoms with Crippen molar-refractivity contribution in [2.24, 2.45) is 5.10 Å². The Morgan fingerprint density at radius 2 is 1.77 bits per heavy atom. The van der Waals surface area contributed by atoms with E-state index < -0.39 is 5.91 Å². The summed E-state index contributed by atoms with van der Waals surface area (Å²) in [7, 11) is 0. The highest BCUT2D eigenvalue weighted by Crippen LogP contribution is 2.19. The van der Waals surface area contributed by atoms with Crippen LogP contribution in [-0.2, 0) is 0 Å². The molecule has 156 valence electrons. The minimum atomic E-state index is -0.648. The zero-order valence-electron chi connectivity index (χ0n) is 16.8. The first kappa shape index (κ1) is 20.0. The summed E-state index contributed by atoms with van der Waals surface area (Å²) in [6, 6.07) is 15.1. The molecular weight excluding hydrogens is 399 g/mol. The summed E-state index contributed by atoms with van der Waals surface area (Å²) in [5.74, 6) is -1.23. The van der Waals surface area contributed by atoms with Crippen LogP contribution in [0.4, 0.5) is 4.39 Å². The summed E-state index contributed by atoms with van der Waals surface area (Å²) < 4.78 is 16.3. The number of rotatable bonds is 5. The topological polar surface area (TPSA) is 97.3 Å². The van der Waals surface area contributed by atoms with E-state index in [0.29, 0.717) is 22.6 Å². The third-order valence-corrected chi connectivity index (χ3v) is 4.71. The lowest BCUT2D eigenvalue weighted by Crippen LogP contribution is -2.18. The summed E-state index contributed by atoms with van der Waals surface area (Å²) >= 11 is 0. The molecule has 2 heterocycles. The van der Waals surface area contributed by atoms with Gasteiger partial charge in [-0.1, -0.05) is 18.2 Å². The lowest BCUT2D eigenvalue weighted by atomic mass is 10.2. The van der Waals surface area contributed by atoms with Gasteiger partial charge in [-0.25, -0.2) is 19.2 Å². The van der Waals surface area contributed by atoms with Gasteiger partial charge in [0.15, 0.2) is 11.4 Å². The standard InChI is InChI=1S/C22H19FN6O2/c1-14-19(15(2)29(26-14)18-10-8-16(23)9-11-18)12-24-25-22(31)21-20(30)13-28(27-21)17-6-4-3-5-7-17/h3-13,30H,1-2H3,(H,25,31)/b24-12-. The van der Waals surface area contributed by atoms with Crippen molar-refractivity contribution in [1.29, 1.82) is 0 Å². The fourth-order valence-electron chi connectivity index (χ4n) is 3.12. The van der Waals surface area contributed by atoms with Crippen molar-refractivity contribution in [3.05, 3.63) is 89.3 Å². The van der Waals surface area contributed by atoms with E-state index in [1.807, 2.05) is 32.0 Å². The second kappa shape index (κ2) is 8.23. The van der Waals surface area contributed by atoms with E-state index in [1.54, 1.807) is 28.9 Å². The maximum atomic E-state index is 13.2. The summed E-state index contributed by atoms with van der Waals surface area (Å²) in [4.78, 5) is 12.4. The van der Waals surface area contributed by atoms with Gasteiger partial charge in [0.05, 0.1) is 35.2 Å². The van der Waals surface area contributed by atoms with Crippen LogP contribution in [0.5, 0.6) is 5.75 Å². The number of nitrogens with zero attached hydrogens (tertiary/aromatic N) is 5. The summed E-state index contributed by atoms with van der Waals surface area (Å²) in [5.41, 5.74) is 5.83. The maximum Gasteiger partial charge on any atom is 0.295 e. The number of hydrogen-bond donors (Lipinski definition) is 2. The van der Waals surface area contributed by atoms with Crippen molar-refractivity contribution in [3.8, 4) is 17.1 Å². The number of halogens is 1. The van der Waals surface area contributed by atoms with Gasteiger partial charge >= 0.3 is 0 Å². The molecule has 2 N–H and O–H groups in total. The number of carbonyl (C=O) groups is 1. The number of aromatic nitrogens is 4. The van der Waals surface area contributed by atoms with Gasteiger partial charge in [0.1, 0.15) is 5.82 Å². The molecule has 0 bridgehead atoms. The van der Waals surface area contributed by atoms with Gasteiger partial charge in [-0.05, 0) is 50.2 Å². The predicted octanol–water partition coefficient (Wildman–Crippen LogP) is 3.28. The molecule has 31 heavy (non-hydrogen) atoms. The van der Waals surface area contributed by atoms with E-state index in [0.717, 1.165) is 5.69 Å². The quantitative estimate of drug-likeness (QED) is 0.384. The number of hydrazone groups is 1. The SMILES string of the molecule is Cc1nn(-c2ccc(F)cc2)c(C)c1/C=N\NC(=O)c1nn(-c2ccccc2)cc1O. The minimum Gasteiger partial charge on any atom is -0.504 e. The smallest absolute Gasteiger partial charge is 0.295 e. The number of hydrogen-bond acceptors (Lipinski definition) is 5. The number of amides is 1. The minimum absolute atomic E-state index is 0.142. The Bertz CT molecular complexity index is 1260. The van der Waals surface area contributed by atoms with Crippen molar-refractivity contribution >= 4 is 12.1 Å². The lowest BCUT2D eigenvalue weighted by molar-refractivity contribution is 0.0947. The van der Waals surface area contributed by atoms with Crippen LogP contribution < -0.4 is 5.43 Å².